The molecule has 0 saturated carbocycles. The average molecular weight is 401 g/mol. The molecule has 134 valence electrons. The fourth-order valence-electron chi connectivity index (χ4n) is 1.99. The third-order valence-corrected chi connectivity index (χ3v) is 5.67. The maximum absolute atomic E-state index is 12.4. The number of rotatable bonds is 6. The van der Waals surface area contributed by atoms with E-state index in [0.29, 0.717) is 11.3 Å². The average Bonchev–Trinajstić information content (AvgIpc) is 2.57. The first kappa shape index (κ1) is 19.6. The molecule has 0 spiro atoms. The van der Waals surface area contributed by atoms with Crippen LogP contribution in [0.25, 0.3) is 0 Å². The minimum Gasteiger partial charge on any atom is -0.350 e. The highest BCUT2D eigenvalue weighted by Crippen LogP contribution is 2.26. The van der Waals surface area contributed by atoms with Crippen molar-refractivity contribution in [3.63, 3.8) is 0 Å². The second-order valence-electron chi connectivity index (χ2n) is 5.54. The van der Waals surface area contributed by atoms with Crippen LogP contribution >= 0.6 is 23.2 Å². The second kappa shape index (κ2) is 8.08. The highest BCUT2D eigenvalue weighted by Gasteiger charge is 2.19. The van der Waals surface area contributed by atoms with Crippen LogP contribution in [0.2, 0.25) is 10.0 Å². The summed E-state index contributed by atoms with van der Waals surface area (Å²) in [6.45, 7) is 3.89. The summed E-state index contributed by atoms with van der Waals surface area (Å²) in [5.74, 6) is -0.207. The lowest BCUT2D eigenvalue weighted by atomic mass is 10.1. The second-order valence-corrected chi connectivity index (χ2v) is 8.03. The normalized spacial score (nSPS) is 12.5. The van der Waals surface area contributed by atoms with Crippen molar-refractivity contribution in [3.05, 3.63) is 58.1 Å². The number of sulfonamides is 1. The minimum absolute atomic E-state index is 0.0654. The van der Waals surface area contributed by atoms with Gasteiger partial charge in [-0.25, -0.2) is 8.42 Å². The number of amides is 1. The largest absolute Gasteiger partial charge is 0.350 e. The highest BCUT2D eigenvalue weighted by atomic mass is 35.5. The van der Waals surface area contributed by atoms with E-state index in [9.17, 15) is 13.2 Å². The predicted molar refractivity (Wildman–Crippen MR) is 101 cm³/mol. The summed E-state index contributed by atoms with van der Waals surface area (Å²) in [4.78, 5) is 11.9. The summed E-state index contributed by atoms with van der Waals surface area (Å²) in [5, 5.41) is 3.18. The van der Waals surface area contributed by atoms with Gasteiger partial charge >= 0.3 is 0 Å². The summed E-state index contributed by atoms with van der Waals surface area (Å²) in [6.07, 6.45) is 0.823. The van der Waals surface area contributed by atoms with Crippen LogP contribution in [-0.2, 0) is 10.0 Å². The Kier molecular flexibility index (Phi) is 6.32. The van der Waals surface area contributed by atoms with Crippen molar-refractivity contribution in [3.8, 4) is 0 Å². The number of nitrogens with one attached hydrogen (secondary N) is 2. The van der Waals surface area contributed by atoms with E-state index < -0.39 is 10.0 Å². The van der Waals surface area contributed by atoms with Crippen LogP contribution in [0, 0.1) is 0 Å². The van der Waals surface area contributed by atoms with Gasteiger partial charge in [-0.15, -0.1) is 0 Å². The van der Waals surface area contributed by atoms with Crippen molar-refractivity contribution in [2.75, 3.05) is 4.72 Å². The van der Waals surface area contributed by atoms with Crippen molar-refractivity contribution in [1.29, 1.82) is 0 Å². The Morgan fingerprint density at radius 3 is 2.36 bits per heavy atom. The smallest absolute Gasteiger partial charge is 0.263 e. The van der Waals surface area contributed by atoms with Crippen molar-refractivity contribution in [1.82, 2.24) is 5.32 Å². The number of hydrogen-bond donors (Lipinski definition) is 2. The van der Waals surface area contributed by atoms with Gasteiger partial charge < -0.3 is 5.32 Å². The van der Waals surface area contributed by atoms with Gasteiger partial charge in [0.25, 0.3) is 15.9 Å². The molecule has 0 radical (unpaired) electrons. The third kappa shape index (κ3) is 5.11. The molecule has 0 aliphatic rings. The summed E-state index contributed by atoms with van der Waals surface area (Å²) >= 11 is 11.8. The highest BCUT2D eigenvalue weighted by molar-refractivity contribution is 7.92. The molecule has 2 N–H and O–H groups in total. The van der Waals surface area contributed by atoms with Gasteiger partial charge in [-0.05, 0) is 55.8 Å². The predicted octanol–water partition coefficient (Wildman–Crippen LogP) is 4.32. The van der Waals surface area contributed by atoms with Crippen LogP contribution in [0.3, 0.4) is 0 Å². The molecule has 0 saturated heterocycles. The van der Waals surface area contributed by atoms with Crippen molar-refractivity contribution >= 4 is 44.8 Å². The quantitative estimate of drug-likeness (QED) is 0.757. The molecular formula is C17H18Cl2N2O3S. The molecule has 2 aromatic rings. The Labute approximate surface area is 157 Å². The van der Waals surface area contributed by atoms with Gasteiger partial charge in [-0.1, -0.05) is 30.1 Å². The SMILES string of the molecule is CCC(C)NC(=O)c1ccc(NS(=O)(=O)c2cc(Cl)ccc2Cl)cc1. The van der Waals surface area contributed by atoms with Crippen LogP contribution < -0.4 is 10.0 Å². The van der Waals surface area contributed by atoms with Gasteiger partial charge in [-0.2, -0.15) is 0 Å². The van der Waals surface area contributed by atoms with Crippen LogP contribution in [0.15, 0.2) is 47.4 Å². The molecule has 1 amide bonds. The topological polar surface area (TPSA) is 75.3 Å². The number of hydrogen-bond acceptors (Lipinski definition) is 3. The van der Waals surface area contributed by atoms with E-state index in [1.165, 1.54) is 30.3 Å². The fourth-order valence-corrected chi connectivity index (χ4v) is 3.81. The third-order valence-electron chi connectivity index (χ3n) is 3.57. The van der Waals surface area contributed by atoms with Crippen molar-refractivity contribution in [2.45, 2.75) is 31.2 Å². The van der Waals surface area contributed by atoms with E-state index in [0.717, 1.165) is 6.42 Å². The molecule has 0 heterocycles. The van der Waals surface area contributed by atoms with E-state index in [2.05, 4.69) is 10.0 Å². The Morgan fingerprint density at radius 2 is 1.76 bits per heavy atom. The van der Waals surface area contributed by atoms with Crippen LogP contribution in [0.4, 0.5) is 5.69 Å². The number of carbonyl (C=O) groups is 1. The lowest BCUT2D eigenvalue weighted by molar-refractivity contribution is 0.0939. The van der Waals surface area contributed by atoms with Gasteiger partial charge in [0.1, 0.15) is 4.90 Å². The molecular weight excluding hydrogens is 383 g/mol. The van der Waals surface area contributed by atoms with Gasteiger partial charge in [0, 0.05) is 22.3 Å². The fraction of sp³-hybridized carbons (Fsp3) is 0.235. The standard InChI is InChI=1S/C17H18Cl2N2O3S/c1-3-11(2)20-17(22)12-4-7-14(8-5-12)21-25(23,24)16-10-13(18)6-9-15(16)19/h4-11,21H,3H2,1-2H3,(H,20,22). The molecule has 25 heavy (non-hydrogen) atoms. The van der Waals surface area contributed by atoms with Gasteiger partial charge in [0.05, 0.1) is 5.02 Å². The van der Waals surface area contributed by atoms with Gasteiger partial charge in [-0.3, -0.25) is 9.52 Å². The molecule has 0 aliphatic carbocycles. The number of carbonyl (C=O) groups excluding carboxylic acids is 1. The Bertz CT molecular complexity index is 868. The van der Waals surface area contributed by atoms with E-state index >= 15 is 0 Å². The first-order chi connectivity index (χ1) is 11.7. The molecule has 1 unspecified atom stereocenters. The maximum Gasteiger partial charge on any atom is 0.263 e. The number of anilines is 1. The zero-order valence-corrected chi connectivity index (χ0v) is 16.0. The van der Waals surface area contributed by atoms with Crippen LogP contribution in [0.5, 0.6) is 0 Å². The first-order valence-electron chi connectivity index (χ1n) is 7.61. The Morgan fingerprint density at radius 1 is 1.12 bits per heavy atom. The summed E-state index contributed by atoms with van der Waals surface area (Å²) in [6, 6.07) is 10.4. The van der Waals surface area contributed by atoms with Gasteiger partial charge in [0.15, 0.2) is 0 Å². The molecule has 0 aliphatic heterocycles. The molecule has 2 aromatic carbocycles. The molecule has 0 aromatic heterocycles. The van der Waals surface area contributed by atoms with Crippen LogP contribution in [-0.4, -0.2) is 20.4 Å². The lowest BCUT2D eigenvalue weighted by Crippen LogP contribution is -2.31. The van der Waals surface area contributed by atoms with Crippen molar-refractivity contribution < 1.29 is 13.2 Å². The molecule has 0 bridgehead atoms. The first-order valence-corrected chi connectivity index (χ1v) is 9.85. The molecule has 0 fully saturated rings. The molecule has 8 heteroatoms. The van der Waals surface area contributed by atoms with E-state index in [-0.39, 0.29) is 26.9 Å². The summed E-state index contributed by atoms with van der Waals surface area (Å²) in [5.41, 5.74) is 0.764. The number of benzene rings is 2. The zero-order chi connectivity index (χ0) is 18.6. The lowest BCUT2D eigenvalue weighted by Gasteiger charge is -2.12. The van der Waals surface area contributed by atoms with Crippen molar-refractivity contribution in [2.24, 2.45) is 0 Å². The zero-order valence-electron chi connectivity index (χ0n) is 13.7. The molecule has 2 rings (SSSR count). The maximum atomic E-state index is 12.4. The molecule has 1 atom stereocenters. The van der Waals surface area contributed by atoms with E-state index in [1.54, 1.807) is 12.1 Å². The van der Waals surface area contributed by atoms with Crippen LogP contribution in [0.1, 0.15) is 30.6 Å². The van der Waals surface area contributed by atoms with E-state index in [4.69, 9.17) is 23.2 Å². The Hall–Kier alpha value is -1.76. The monoisotopic (exact) mass is 400 g/mol. The summed E-state index contributed by atoms with van der Waals surface area (Å²) < 4.78 is 27.3. The van der Waals surface area contributed by atoms with Gasteiger partial charge in [0.2, 0.25) is 0 Å². The summed E-state index contributed by atoms with van der Waals surface area (Å²) in [7, 11) is -3.89. The number of halogens is 2. The minimum atomic E-state index is -3.89. The Balaban J connectivity index is 2.18. The molecule has 5 nitrogen and oxygen atoms in total. The van der Waals surface area contributed by atoms with E-state index in [1.807, 2.05) is 13.8 Å².